The Morgan fingerprint density at radius 1 is 1.25 bits per heavy atom. The van der Waals surface area contributed by atoms with Gasteiger partial charge in [0.05, 0.1) is 12.7 Å². The molecule has 1 aromatic rings. The van der Waals surface area contributed by atoms with Gasteiger partial charge in [-0.1, -0.05) is 19.3 Å². The third-order valence-electron chi connectivity index (χ3n) is 4.53. The molecular weight excluding hydrogens is 256 g/mol. The van der Waals surface area contributed by atoms with Gasteiger partial charge in [0, 0.05) is 18.0 Å². The summed E-state index contributed by atoms with van der Waals surface area (Å²) in [5, 5.41) is 5.89. The van der Waals surface area contributed by atoms with E-state index in [0.717, 1.165) is 31.8 Å². The van der Waals surface area contributed by atoms with Crippen LogP contribution in [0.2, 0.25) is 0 Å². The van der Waals surface area contributed by atoms with Crippen LogP contribution in [0.5, 0.6) is 0 Å². The van der Waals surface area contributed by atoms with Gasteiger partial charge in [0.15, 0.2) is 0 Å². The molecule has 1 saturated carbocycles. The van der Waals surface area contributed by atoms with Gasteiger partial charge in [0.25, 0.3) is 5.56 Å². The summed E-state index contributed by atoms with van der Waals surface area (Å²) in [6.45, 7) is 1.73. The molecule has 20 heavy (non-hydrogen) atoms. The van der Waals surface area contributed by atoms with Crippen molar-refractivity contribution in [2.75, 3.05) is 13.2 Å². The molecule has 1 aromatic heterocycles. The van der Waals surface area contributed by atoms with Crippen molar-refractivity contribution in [2.24, 2.45) is 0 Å². The minimum atomic E-state index is -0.145. The summed E-state index contributed by atoms with van der Waals surface area (Å²) in [4.78, 5) is 11.2. The van der Waals surface area contributed by atoms with Crippen molar-refractivity contribution in [3.63, 3.8) is 0 Å². The Morgan fingerprint density at radius 3 is 2.85 bits per heavy atom. The van der Waals surface area contributed by atoms with Crippen molar-refractivity contribution in [1.29, 1.82) is 0 Å². The average Bonchev–Trinajstić information content (AvgIpc) is 2.93. The molecule has 2 fully saturated rings. The van der Waals surface area contributed by atoms with Crippen molar-refractivity contribution < 1.29 is 9.26 Å². The minimum Gasteiger partial charge on any atom is -0.383 e. The van der Waals surface area contributed by atoms with Gasteiger partial charge in [-0.05, 0) is 32.2 Å². The second-order valence-corrected chi connectivity index (χ2v) is 6.08. The fourth-order valence-corrected chi connectivity index (χ4v) is 3.37. The molecule has 5 heteroatoms. The van der Waals surface area contributed by atoms with Gasteiger partial charge in [0.1, 0.15) is 5.76 Å². The summed E-state index contributed by atoms with van der Waals surface area (Å²) in [6, 6.07) is 1.95. The first-order valence-electron chi connectivity index (χ1n) is 7.84. The van der Waals surface area contributed by atoms with Crippen LogP contribution in [0.3, 0.4) is 0 Å². The number of aromatic amines is 1. The van der Waals surface area contributed by atoms with E-state index in [9.17, 15) is 4.79 Å². The number of hydrogen-bond donors (Lipinski definition) is 2. The molecule has 0 aromatic carbocycles. The highest BCUT2D eigenvalue weighted by molar-refractivity contribution is 5.05. The monoisotopic (exact) mass is 280 g/mol. The molecule has 5 nitrogen and oxygen atoms in total. The van der Waals surface area contributed by atoms with Crippen molar-refractivity contribution in [2.45, 2.75) is 63.0 Å². The highest BCUT2D eigenvalue weighted by Crippen LogP contribution is 2.27. The molecule has 2 aliphatic rings. The van der Waals surface area contributed by atoms with E-state index < -0.39 is 0 Å². The van der Waals surface area contributed by atoms with Crippen LogP contribution in [0.1, 0.15) is 56.6 Å². The zero-order valence-corrected chi connectivity index (χ0v) is 11.9. The van der Waals surface area contributed by atoms with E-state index in [-0.39, 0.29) is 5.56 Å². The van der Waals surface area contributed by atoms with E-state index in [1.54, 1.807) is 6.07 Å². The van der Waals surface area contributed by atoms with Crippen LogP contribution in [0.4, 0.5) is 0 Å². The number of aromatic nitrogens is 1. The molecule has 1 saturated heterocycles. The maximum Gasteiger partial charge on any atom is 0.280 e. The van der Waals surface area contributed by atoms with Gasteiger partial charge in [-0.15, -0.1) is 0 Å². The van der Waals surface area contributed by atoms with E-state index in [4.69, 9.17) is 9.26 Å². The predicted molar refractivity (Wildman–Crippen MR) is 75.9 cm³/mol. The lowest BCUT2D eigenvalue weighted by atomic mass is 9.90. The number of piperidine rings is 1. The highest BCUT2D eigenvalue weighted by Gasteiger charge is 2.26. The van der Waals surface area contributed by atoms with E-state index in [2.05, 4.69) is 10.5 Å². The molecule has 3 rings (SSSR count). The van der Waals surface area contributed by atoms with Crippen LogP contribution in [-0.2, 0) is 4.74 Å². The van der Waals surface area contributed by atoms with Gasteiger partial charge < -0.3 is 14.6 Å². The second-order valence-electron chi connectivity index (χ2n) is 6.08. The Hall–Kier alpha value is -1.07. The second kappa shape index (κ2) is 6.59. The van der Waals surface area contributed by atoms with E-state index in [0.29, 0.717) is 18.1 Å². The molecule has 2 N–H and O–H groups in total. The van der Waals surface area contributed by atoms with Crippen molar-refractivity contribution >= 4 is 0 Å². The molecule has 1 aliphatic heterocycles. The van der Waals surface area contributed by atoms with Gasteiger partial charge in [-0.2, -0.15) is 5.16 Å². The quantitative estimate of drug-likeness (QED) is 0.887. The summed E-state index contributed by atoms with van der Waals surface area (Å²) in [5.74, 6) is 1.12. The first kappa shape index (κ1) is 13.9. The summed E-state index contributed by atoms with van der Waals surface area (Å²) < 4.78 is 11.3. The first-order valence-corrected chi connectivity index (χ1v) is 7.84. The van der Waals surface area contributed by atoms with Crippen molar-refractivity contribution in [3.05, 3.63) is 22.2 Å². The molecule has 112 valence electrons. The lowest BCUT2D eigenvalue weighted by Crippen LogP contribution is -2.41. The molecule has 0 unspecified atom stereocenters. The van der Waals surface area contributed by atoms with Crippen molar-refractivity contribution in [1.82, 2.24) is 10.5 Å². The lowest BCUT2D eigenvalue weighted by molar-refractivity contribution is 0.0105. The maximum absolute atomic E-state index is 11.2. The summed E-state index contributed by atoms with van der Waals surface area (Å²) in [7, 11) is 0. The maximum atomic E-state index is 11.2. The van der Waals surface area contributed by atoms with Gasteiger partial charge >= 0.3 is 0 Å². The Kier molecular flexibility index (Phi) is 4.58. The Morgan fingerprint density at radius 2 is 2.10 bits per heavy atom. The fourth-order valence-electron chi connectivity index (χ4n) is 3.37. The molecule has 1 aliphatic carbocycles. The molecule has 2 atom stereocenters. The predicted octanol–water partition coefficient (Wildman–Crippen LogP) is 2.15. The SMILES string of the molecule is O=c1cc([C@H]2CCN[C@@H](COC3CCCCC3)C2)o[nH]1. The number of hydrogen-bond acceptors (Lipinski definition) is 4. The number of nitrogens with one attached hydrogen (secondary N) is 2. The van der Waals surface area contributed by atoms with Crippen LogP contribution in [0, 0.1) is 0 Å². The smallest absolute Gasteiger partial charge is 0.280 e. The highest BCUT2D eigenvalue weighted by atomic mass is 16.5. The standard InChI is InChI=1S/C15H24N2O3/c18-15-9-14(20-17-15)11-6-7-16-12(8-11)10-19-13-4-2-1-3-5-13/h9,11-13,16H,1-8,10H2,(H,17,18)/t11-,12+/m0/s1. The summed E-state index contributed by atoms with van der Waals surface area (Å²) in [6.07, 6.45) is 8.84. The van der Waals surface area contributed by atoms with Crippen LogP contribution < -0.4 is 10.9 Å². The van der Waals surface area contributed by atoms with E-state index in [1.807, 2.05) is 0 Å². The Bertz CT molecular complexity index is 462. The van der Waals surface area contributed by atoms with Crippen LogP contribution in [0.15, 0.2) is 15.4 Å². The van der Waals surface area contributed by atoms with E-state index in [1.165, 1.54) is 32.1 Å². The molecule has 0 bridgehead atoms. The Balaban J connectivity index is 1.49. The summed E-state index contributed by atoms with van der Waals surface area (Å²) >= 11 is 0. The van der Waals surface area contributed by atoms with Crippen LogP contribution in [-0.4, -0.2) is 30.5 Å². The largest absolute Gasteiger partial charge is 0.383 e. The van der Waals surface area contributed by atoms with Gasteiger partial charge in [-0.3, -0.25) is 4.79 Å². The molecule has 0 amide bonds. The zero-order valence-electron chi connectivity index (χ0n) is 11.9. The number of H-pyrrole nitrogens is 1. The number of ether oxygens (including phenoxy) is 1. The number of rotatable bonds is 4. The van der Waals surface area contributed by atoms with Crippen LogP contribution in [0.25, 0.3) is 0 Å². The normalized spacial score (nSPS) is 28.6. The van der Waals surface area contributed by atoms with Crippen LogP contribution >= 0.6 is 0 Å². The molecule has 0 spiro atoms. The average molecular weight is 280 g/mol. The van der Waals surface area contributed by atoms with E-state index >= 15 is 0 Å². The Labute approximate surface area is 119 Å². The molecule has 0 radical (unpaired) electrons. The fraction of sp³-hybridized carbons (Fsp3) is 0.800. The van der Waals surface area contributed by atoms with Gasteiger partial charge in [-0.25, -0.2) is 0 Å². The van der Waals surface area contributed by atoms with Gasteiger partial charge in [0.2, 0.25) is 0 Å². The molecule has 2 heterocycles. The summed E-state index contributed by atoms with van der Waals surface area (Å²) in [5.41, 5.74) is -0.145. The third kappa shape index (κ3) is 3.52. The lowest BCUT2D eigenvalue weighted by Gasteiger charge is -2.31. The van der Waals surface area contributed by atoms with Crippen molar-refractivity contribution in [3.8, 4) is 0 Å². The first-order chi connectivity index (χ1) is 9.81. The third-order valence-corrected chi connectivity index (χ3v) is 4.53. The molecular formula is C15H24N2O3. The minimum absolute atomic E-state index is 0.145. The zero-order chi connectivity index (χ0) is 13.8. The topological polar surface area (TPSA) is 67.3 Å².